The van der Waals surface area contributed by atoms with Crippen molar-refractivity contribution >= 4 is 28.6 Å². The van der Waals surface area contributed by atoms with E-state index in [1.54, 1.807) is 12.1 Å². The predicted molar refractivity (Wildman–Crippen MR) is 181 cm³/mol. The molecule has 1 aliphatic rings. The van der Waals surface area contributed by atoms with Crippen LogP contribution in [-0.4, -0.2) is 30.7 Å². The van der Waals surface area contributed by atoms with Gasteiger partial charge in [-0.25, -0.2) is 0 Å². The minimum Gasteiger partial charge on any atom is -0.345 e. The number of nitrogens with zero attached hydrogens (tertiary/aromatic N) is 1. The van der Waals surface area contributed by atoms with E-state index in [1.165, 1.54) is 30.4 Å². The Morgan fingerprint density at radius 3 is 1.28 bits per heavy atom. The molecule has 0 N–H and O–H groups in total. The summed E-state index contributed by atoms with van der Waals surface area (Å²) in [7, 11) is 0. The molecule has 0 saturated carbocycles. The standard InChI is InChI=1S/C17H14O.C16H13Br.C6H11NO/c1-2-14-3-5-15(6-4-14)7-8-16-9-11-17(13-18)12-10-16;1-2-13-3-5-14(6-4-13)7-8-15-9-11-16(17)12-10-15;8-6-7-4-2-1-3-5-7/h3-6,9-13H,2H2,1H3;3-6,9-12H,2H2,1H3;6H,1-5H2. The van der Waals surface area contributed by atoms with Crippen LogP contribution in [0.3, 0.4) is 0 Å². The largest absolute Gasteiger partial charge is 0.345 e. The van der Waals surface area contributed by atoms with Crippen molar-refractivity contribution in [2.75, 3.05) is 13.1 Å². The van der Waals surface area contributed by atoms with Gasteiger partial charge >= 0.3 is 0 Å². The Morgan fingerprint density at radius 1 is 0.581 bits per heavy atom. The molecule has 43 heavy (non-hydrogen) atoms. The van der Waals surface area contributed by atoms with Gasteiger partial charge in [-0.3, -0.25) is 9.59 Å². The van der Waals surface area contributed by atoms with Crippen molar-refractivity contribution in [3.8, 4) is 23.7 Å². The van der Waals surface area contributed by atoms with Crippen LogP contribution in [0.4, 0.5) is 0 Å². The summed E-state index contributed by atoms with van der Waals surface area (Å²) in [4.78, 5) is 22.4. The molecule has 0 bridgehead atoms. The first-order valence-corrected chi connectivity index (χ1v) is 15.5. The first kappa shape index (κ1) is 33.1. The molecule has 0 aromatic heterocycles. The highest BCUT2D eigenvalue weighted by atomic mass is 79.9. The van der Waals surface area contributed by atoms with E-state index in [9.17, 15) is 9.59 Å². The van der Waals surface area contributed by atoms with Crippen molar-refractivity contribution in [1.29, 1.82) is 0 Å². The molecule has 4 aromatic rings. The number of benzene rings is 4. The van der Waals surface area contributed by atoms with Crippen LogP contribution in [0.25, 0.3) is 0 Å². The summed E-state index contributed by atoms with van der Waals surface area (Å²) < 4.78 is 1.08. The molecule has 4 heteroatoms. The fourth-order valence-electron chi connectivity index (χ4n) is 4.14. The molecule has 0 aliphatic carbocycles. The lowest BCUT2D eigenvalue weighted by Gasteiger charge is -2.21. The molecule has 1 aliphatic heterocycles. The second kappa shape index (κ2) is 18.9. The summed E-state index contributed by atoms with van der Waals surface area (Å²) in [6.45, 7) is 6.24. The second-order valence-corrected chi connectivity index (χ2v) is 11.0. The van der Waals surface area contributed by atoms with Crippen molar-refractivity contribution in [1.82, 2.24) is 4.90 Å². The van der Waals surface area contributed by atoms with Crippen LogP contribution in [0.15, 0.2) is 102 Å². The highest BCUT2D eigenvalue weighted by Gasteiger charge is 2.05. The van der Waals surface area contributed by atoms with Crippen LogP contribution in [0.5, 0.6) is 0 Å². The Kier molecular flexibility index (Phi) is 14.6. The van der Waals surface area contributed by atoms with Crippen LogP contribution < -0.4 is 0 Å². The van der Waals surface area contributed by atoms with Gasteiger partial charge in [-0.05, 0) is 104 Å². The summed E-state index contributed by atoms with van der Waals surface area (Å²) >= 11 is 3.41. The van der Waals surface area contributed by atoms with Gasteiger partial charge in [-0.2, -0.15) is 0 Å². The normalized spacial score (nSPS) is 11.6. The summed E-state index contributed by atoms with van der Waals surface area (Å²) in [6.07, 6.45) is 7.57. The van der Waals surface area contributed by atoms with E-state index >= 15 is 0 Å². The van der Waals surface area contributed by atoms with Gasteiger partial charge < -0.3 is 4.90 Å². The number of carbonyl (C=O) groups is 2. The lowest BCUT2D eigenvalue weighted by Crippen LogP contribution is -2.27. The number of piperidine rings is 1. The Labute approximate surface area is 265 Å². The smallest absolute Gasteiger partial charge is 0.209 e. The van der Waals surface area contributed by atoms with Gasteiger partial charge in [-0.1, -0.05) is 89.9 Å². The second-order valence-electron chi connectivity index (χ2n) is 10.0. The molecule has 0 atom stereocenters. The number of rotatable bonds is 4. The highest BCUT2D eigenvalue weighted by Crippen LogP contribution is 2.10. The average Bonchev–Trinajstić information content (AvgIpc) is 3.08. The Bertz CT molecular complexity index is 1530. The van der Waals surface area contributed by atoms with Gasteiger partial charge in [0.2, 0.25) is 6.41 Å². The van der Waals surface area contributed by atoms with Crippen LogP contribution in [0.2, 0.25) is 0 Å². The van der Waals surface area contributed by atoms with Crippen molar-refractivity contribution < 1.29 is 9.59 Å². The van der Waals surface area contributed by atoms with E-state index in [0.717, 1.165) is 65.4 Å². The topological polar surface area (TPSA) is 37.4 Å². The number of aryl methyl sites for hydroxylation is 2. The quantitative estimate of drug-likeness (QED) is 0.167. The number of carbonyl (C=O) groups excluding carboxylic acids is 2. The van der Waals surface area contributed by atoms with Gasteiger partial charge in [0.1, 0.15) is 6.29 Å². The van der Waals surface area contributed by atoms with Gasteiger partial charge in [-0.15, -0.1) is 0 Å². The van der Waals surface area contributed by atoms with Gasteiger partial charge in [0.15, 0.2) is 0 Å². The third kappa shape index (κ3) is 12.6. The molecule has 5 rings (SSSR count). The molecular weight excluding hydrogens is 594 g/mol. The monoisotopic (exact) mass is 631 g/mol. The maximum atomic E-state index is 10.5. The number of likely N-dealkylation sites (tertiary alicyclic amines) is 1. The minimum atomic E-state index is 0.674. The molecule has 3 nitrogen and oxygen atoms in total. The molecule has 0 spiro atoms. The zero-order valence-corrected chi connectivity index (χ0v) is 26.6. The number of hydrogen-bond acceptors (Lipinski definition) is 2. The predicted octanol–water partition coefficient (Wildman–Crippen LogP) is 8.50. The van der Waals surface area contributed by atoms with Gasteiger partial charge in [0, 0.05) is 45.4 Å². The van der Waals surface area contributed by atoms with Crippen molar-refractivity contribution in [2.24, 2.45) is 0 Å². The van der Waals surface area contributed by atoms with Crippen LogP contribution in [0.1, 0.15) is 76.8 Å². The van der Waals surface area contributed by atoms with Crippen molar-refractivity contribution in [2.45, 2.75) is 46.0 Å². The fourth-order valence-corrected chi connectivity index (χ4v) is 4.40. The fraction of sp³-hybridized carbons (Fsp3) is 0.231. The first-order chi connectivity index (χ1) is 21.0. The maximum absolute atomic E-state index is 10.5. The average molecular weight is 633 g/mol. The zero-order valence-electron chi connectivity index (χ0n) is 25.0. The van der Waals surface area contributed by atoms with Crippen molar-refractivity contribution in [3.63, 3.8) is 0 Å². The van der Waals surface area contributed by atoms with Gasteiger partial charge in [0.05, 0.1) is 0 Å². The van der Waals surface area contributed by atoms with E-state index in [2.05, 4.69) is 89.9 Å². The molecule has 0 unspecified atom stereocenters. The minimum absolute atomic E-state index is 0.674. The summed E-state index contributed by atoms with van der Waals surface area (Å²) in [5.74, 6) is 12.5. The Hall–Kier alpha value is -4.38. The van der Waals surface area contributed by atoms with E-state index in [4.69, 9.17) is 0 Å². The van der Waals surface area contributed by atoms with E-state index in [-0.39, 0.29) is 0 Å². The third-order valence-electron chi connectivity index (χ3n) is 6.86. The van der Waals surface area contributed by atoms with E-state index in [0.29, 0.717) is 5.56 Å². The van der Waals surface area contributed by atoms with Crippen LogP contribution in [-0.2, 0) is 17.6 Å². The number of amides is 1. The number of aldehydes is 1. The first-order valence-electron chi connectivity index (χ1n) is 14.7. The van der Waals surface area contributed by atoms with Gasteiger partial charge in [0.25, 0.3) is 0 Å². The lowest BCUT2D eigenvalue weighted by molar-refractivity contribution is -0.118. The van der Waals surface area contributed by atoms with Crippen molar-refractivity contribution in [3.05, 3.63) is 140 Å². The Morgan fingerprint density at radius 2 is 0.953 bits per heavy atom. The summed E-state index contributed by atoms with van der Waals surface area (Å²) in [6, 6.07) is 32.0. The highest BCUT2D eigenvalue weighted by molar-refractivity contribution is 9.10. The third-order valence-corrected chi connectivity index (χ3v) is 7.39. The SMILES string of the molecule is CCc1ccc(C#Cc2ccc(Br)cc2)cc1.CCc1ccc(C#Cc2ccc(C=O)cc2)cc1.O=CN1CCCCC1. The number of halogens is 1. The molecule has 1 saturated heterocycles. The molecule has 0 radical (unpaired) electrons. The van der Waals surface area contributed by atoms with Crippen LogP contribution in [0, 0.1) is 23.7 Å². The molecule has 218 valence electrons. The maximum Gasteiger partial charge on any atom is 0.209 e. The van der Waals surface area contributed by atoms with Crippen LogP contribution >= 0.6 is 15.9 Å². The molecule has 1 fully saturated rings. The zero-order chi connectivity index (χ0) is 30.7. The lowest BCUT2D eigenvalue weighted by atomic mass is 10.1. The summed E-state index contributed by atoms with van der Waals surface area (Å²) in [5, 5.41) is 0. The molecule has 1 amide bonds. The summed E-state index contributed by atoms with van der Waals surface area (Å²) in [5.41, 5.74) is 7.35. The van der Waals surface area contributed by atoms with E-state index < -0.39 is 0 Å². The number of hydrogen-bond donors (Lipinski definition) is 0. The molecule has 1 heterocycles. The Balaban J connectivity index is 0.000000189. The van der Waals surface area contributed by atoms with E-state index in [1.807, 2.05) is 53.4 Å². The molecule has 4 aromatic carbocycles. The molecular formula is C39H38BrNO2.